The number of benzene rings is 3. The smallest absolute Gasteiger partial charge is 0.0346 e. The van der Waals surface area contributed by atoms with Crippen molar-refractivity contribution < 1.29 is 0 Å². The second kappa shape index (κ2) is 6.29. The van der Waals surface area contributed by atoms with Crippen LogP contribution in [-0.2, 0) is 0 Å². The lowest BCUT2D eigenvalue weighted by molar-refractivity contribution is 1.35. The molecular weight excluding hydrogens is 304 g/mol. The molecule has 128 valence electrons. The molecule has 0 heterocycles. The Bertz CT molecular complexity index is 968. The lowest BCUT2D eigenvalue weighted by Gasteiger charge is -2.19. The summed E-state index contributed by atoms with van der Waals surface area (Å²) in [6.07, 6.45) is 0. The maximum atomic E-state index is 6.10. The molecule has 0 aromatic heterocycles. The van der Waals surface area contributed by atoms with Crippen molar-refractivity contribution >= 4 is 11.4 Å². The van der Waals surface area contributed by atoms with E-state index in [1.165, 1.54) is 38.9 Å². The largest absolute Gasteiger partial charge is 0.399 e. The number of anilines is 2. The molecule has 3 aromatic rings. The first-order valence-electron chi connectivity index (χ1n) is 8.63. The monoisotopic (exact) mass is 330 g/mol. The topological polar surface area (TPSA) is 52.0 Å². The number of rotatable bonds is 2. The highest BCUT2D eigenvalue weighted by atomic mass is 14.6. The molecule has 0 amide bonds. The van der Waals surface area contributed by atoms with Crippen molar-refractivity contribution in [2.75, 3.05) is 11.5 Å². The van der Waals surface area contributed by atoms with Crippen molar-refractivity contribution in [2.24, 2.45) is 0 Å². The molecule has 0 unspecified atom stereocenters. The molecule has 0 bridgehead atoms. The van der Waals surface area contributed by atoms with Crippen molar-refractivity contribution in [2.45, 2.75) is 34.6 Å². The van der Waals surface area contributed by atoms with Gasteiger partial charge >= 0.3 is 0 Å². The number of hydrogen-bond donors (Lipinski definition) is 2. The standard InChI is InChI=1S/C23H26N2/c1-13-7-6-8-18(19-9-16(4)21(24)11-14(19)2)23(13)20-10-17(5)22(25)12-15(20)3/h6-12H,24-25H2,1-5H3. The van der Waals surface area contributed by atoms with Gasteiger partial charge in [-0.3, -0.25) is 0 Å². The molecule has 3 rings (SSSR count). The minimum atomic E-state index is 0.843. The molecule has 0 saturated heterocycles. The van der Waals surface area contributed by atoms with E-state index >= 15 is 0 Å². The maximum Gasteiger partial charge on any atom is 0.0346 e. The van der Waals surface area contributed by atoms with E-state index in [-0.39, 0.29) is 0 Å². The van der Waals surface area contributed by atoms with Crippen LogP contribution in [0.2, 0.25) is 0 Å². The highest BCUT2D eigenvalue weighted by molar-refractivity contribution is 5.89. The van der Waals surface area contributed by atoms with Gasteiger partial charge in [0.25, 0.3) is 0 Å². The van der Waals surface area contributed by atoms with Crippen LogP contribution in [0.4, 0.5) is 11.4 Å². The Morgan fingerprint density at radius 3 is 1.64 bits per heavy atom. The van der Waals surface area contributed by atoms with Crippen molar-refractivity contribution in [1.29, 1.82) is 0 Å². The van der Waals surface area contributed by atoms with Crippen LogP contribution in [0, 0.1) is 34.6 Å². The average molecular weight is 330 g/mol. The van der Waals surface area contributed by atoms with Crippen molar-refractivity contribution in [3.8, 4) is 22.3 Å². The van der Waals surface area contributed by atoms with Gasteiger partial charge in [-0.25, -0.2) is 0 Å². The molecule has 2 heteroatoms. The zero-order valence-corrected chi connectivity index (χ0v) is 15.7. The summed E-state index contributed by atoms with van der Waals surface area (Å²) < 4.78 is 0. The van der Waals surface area contributed by atoms with Gasteiger partial charge < -0.3 is 11.5 Å². The van der Waals surface area contributed by atoms with E-state index in [0.29, 0.717) is 0 Å². The molecule has 2 nitrogen and oxygen atoms in total. The second-order valence-electron chi connectivity index (χ2n) is 7.04. The Morgan fingerprint density at radius 1 is 0.520 bits per heavy atom. The average Bonchev–Trinajstić information content (AvgIpc) is 2.55. The van der Waals surface area contributed by atoms with Gasteiger partial charge in [0.05, 0.1) is 0 Å². The summed E-state index contributed by atoms with van der Waals surface area (Å²) in [5.41, 5.74) is 24.8. The molecule has 0 aliphatic carbocycles. The van der Waals surface area contributed by atoms with Crippen LogP contribution in [0.5, 0.6) is 0 Å². The van der Waals surface area contributed by atoms with E-state index in [1.807, 2.05) is 0 Å². The Hall–Kier alpha value is -2.74. The summed E-state index contributed by atoms with van der Waals surface area (Å²) >= 11 is 0. The molecular formula is C23H26N2. The van der Waals surface area contributed by atoms with E-state index in [4.69, 9.17) is 11.5 Å². The lowest BCUT2D eigenvalue weighted by atomic mass is 9.86. The third-order valence-electron chi connectivity index (χ3n) is 5.06. The van der Waals surface area contributed by atoms with Gasteiger partial charge in [0.2, 0.25) is 0 Å². The van der Waals surface area contributed by atoms with E-state index in [2.05, 4.69) is 77.1 Å². The highest BCUT2D eigenvalue weighted by Crippen LogP contribution is 2.39. The summed E-state index contributed by atoms with van der Waals surface area (Å²) in [4.78, 5) is 0. The highest BCUT2D eigenvalue weighted by Gasteiger charge is 2.15. The zero-order chi connectivity index (χ0) is 18.3. The number of nitrogens with two attached hydrogens (primary N) is 2. The molecule has 0 saturated carbocycles. The SMILES string of the molecule is Cc1cc(-c2cccc(C)c2-c2cc(C)c(N)cc2C)c(C)cc1N. The van der Waals surface area contributed by atoms with E-state index < -0.39 is 0 Å². The molecule has 3 aromatic carbocycles. The molecule has 0 atom stereocenters. The maximum absolute atomic E-state index is 6.10. The van der Waals surface area contributed by atoms with Crippen molar-refractivity contribution in [3.05, 3.63) is 70.3 Å². The lowest BCUT2D eigenvalue weighted by Crippen LogP contribution is -1.98. The van der Waals surface area contributed by atoms with E-state index in [9.17, 15) is 0 Å². The van der Waals surface area contributed by atoms with Gasteiger partial charge in [-0.05, 0) is 109 Å². The van der Waals surface area contributed by atoms with Crippen LogP contribution in [0.25, 0.3) is 22.3 Å². The quantitative estimate of drug-likeness (QED) is 0.590. The third kappa shape index (κ3) is 3.00. The molecule has 0 aliphatic heterocycles. The summed E-state index contributed by atoms with van der Waals surface area (Å²) in [7, 11) is 0. The van der Waals surface area contributed by atoms with Gasteiger partial charge in [0, 0.05) is 11.4 Å². The first-order chi connectivity index (χ1) is 11.8. The molecule has 0 aliphatic rings. The second-order valence-corrected chi connectivity index (χ2v) is 7.04. The van der Waals surface area contributed by atoms with Crippen LogP contribution in [0.3, 0.4) is 0 Å². The first kappa shape index (κ1) is 17.1. The summed E-state index contributed by atoms with van der Waals surface area (Å²) in [5, 5.41) is 0. The zero-order valence-electron chi connectivity index (χ0n) is 15.7. The predicted octanol–water partition coefficient (Wildman–Crippen LogP) is 5.73. The van der Waals surface area contributed by atoms with E-state index in [0.717, 1.165) is 22.5 Å². The van der Waals surface area contributed by atoms with Gasteiger partial charge in [-0.15, -0.1) is 0 Å². The number of aryl methyl sites for hydroxylation is 5. The van der Waals surface area contributed by atoms with Crippen molar-refractivity contribution in [3.63, 3.8) is 0 Å². The molecule has 25 heavy (non-hydrogen) atoms. The van der Waals surface area contributed by atoms with Crippen molar-refractivity contribution in [1.82, 2.24) is 0 Å². The fraction of sp³-hybridized carbons (Fsp3) is 0.217. The van der Waals surface area contributed by atoms with Gasteiger partial charge in [-0.2, -0.15) is 0 Å². The summed E-state index contributed by atoms with van der Waals surface area (Å²) in [6.45, 7) is 10.5. The van der Waals surface area contributed by atoms with Crippen LogP contribution in [-0.4, -0.2) is 0 Å². The summed E-state index contributed by atoms with van der Waals surface area (Å²) in [5.74, 6) is 0. The Labute approximate surface area is 150 Å². The Balaban J connectivity index is 2.34. The van der Waals surface area contributed by atoms with Gasteiger partial charge in [0.15, 0.2) is 0 Å². The van der Waals surface area contributed by atoms with Crippen LogP contribution >= 0.6 is 0 Å². The van der Waals surface area contributed by atoms with Crippen LogP contribution in [0.15, 0.2) is 42.5 Å². The first-order valence-corrected chi connectivity index (χ1v) is 8.63. The predicted molar refractivity (Wildman–Crippen MR) is 110 cm³/mol. The van der Waals surface area contributed by atoms with Gasteiger partial charge in [0.1, 0.15) is 0 Å². The normalized spacial score (nSPS) is 10.9. The Morgan fingerprint density at radius 2 is 1.04 bits per heavy atom. The fourth-order valence-electron chi connectivity index (χ4n) is 3.49. The fourth-order valence-corrected chi connectivity index (χ4v) is 3.49. The van der Waals surface area contributed by atoms with Gasteiger partial charge in [-0.1, -0.05) is 18.2 Å². The molecule has 4 N–H and O–H groups in total. The minimum absolute atomic E-state index is 0.843. The molecule has 0 radical (unpaired) electrons. The summed E-state index contributed by atoms with van der Waals surface area (Å²) in [6, 6.07) is 15.0. The molecule has 0 fully saturated rings. The Kier molecular flexibility index (Phi) is 4.30. The van der Waals surface area contributed by atoms with Crippen LogP contribution in [0.1, 0.15) is 27.8 Å². The van der Waals surface area contributed by atoms with E-state index in [1.54, 1.807) is 0 Å². The number of hydrogen-bond acceptors (Lipinski definition) is 2. The van der Waals surface area contributed by atoms with Crippen LogP contribution < -0.4 is 11.5 Å². The molecule has 0 spiro atoms. The number of nitrogen functional groups attached to an aromatic ring is 2. The third-order valence-corrected chi connectivity index (χ3v) is 5.06. The minimum Gasteiger partial charge on any atom is -0.399 e.